The molecule has 1 aliphatic heterocycles. The second kappa shape index (κ2) is 2.84. The molecule has 0 amide bonds. The molecule has 2 heterocycles. The van der Waals surface area contributed by atoms with E-state index in [1.807, 2.05) is 0 Å². The van der Waals surface area contributed by atoms with Crippen molar-refractivity contribution < 1.29 is 9.84 Å². The molecular formula is C7H11N3O2. The molecule has 0 aromatic carbocycles. The quantitative estimate of drug-likeness (QED) is 0.603. The van der Waals surface area contributed by atoms with Gasteiger partial charge in [-0.3, -0.25) is 0 Å². The van der Waals surface area contributed by atoms with Crippen molar-refractivity contribution in [2.45, 2.75) is 12.0 Å². The summed E-state index contributed by atoms with van der Waals surface area (Å²) >= 11 is 0. The molecule has 12 heavy (non-hydrogen) atoms. The van der Waals surface area contributed by atoms with E-state index in [1.54, 1.807) is 13.2 Å². The predicted octanol–water partition coefficient (Wildman–Crippen LogP) is -0.710. The van der Waals surface area contributed by atoms with E-state index in [4.69, 9.17) is 4.74 Å². The van der Waals surface area contributed by atoms with Gasteiger partial charge < -0.3 is 9.84 Å². The molecule has 0 bridgehead atoms. The lowest BCUT2D eigenvalue weighted by Gasteiger charge is -2.06. The molecule has 0 spiro atoms. The Morgan fingerprint density at radius 1 is 1.67 bits per heavy atom. The highest BCUT2D eigenvalue weighted by Crippen LogP contribution is 2.22. The Labute approximate surface area is 70.0 Å². The van der Waals surface area contributed by atoms with E-state index in [9.17, 15) is 5.11 Å². The molecule has 5 heteroatoms. The normalized spacial score (nSPS) is 29.5. The summed E-state index contributed by atoms with van der Waals surface area (Å²) in [6.45, 7) is 0.946. The van der Waals surface area contributed by atoms with Crippen LogP contribution in [0.15, 0.2) is 6.20 Å². The van der Waals surface area contributed by atoms with Gasteiger partial charge in [0, 0.05) is 7.05 Å². The number of hydrogen-bond donors (Lipinski definition) is 1. The lowest BCUT2D eigenvalue weighted by atomic mass is 10.0. The van der Waals surface area contributed by atoms with Crippen molar-refractivity contribution in [2.24, 2.45) is 7.05 Å². The summed E-state index contributed by atoms with van der Waals surface area (Å²) in [7, 11) is 1.76. The number of hydrogen-bond acceptors (Lipinski definition) is 4. The number of ether oxygens (including phenoxy) is 1. The maximum atomic E-state index is 9.45. The number of aliphatic hydroxyl groups is 1. The van der Waals surface area contributed by atoms with Crippen molar-refractivity contribution >= 4 is 0 Å². The monoisotopic (exact) mass is 169 g/mol. The molecule has 0 radical (unpaired) electrons. The Bertz CT molecular complexity index is 273. The molecule has 1 aliphatic rings. The number of rotatable bonds is 1. The Hall–Kier alpha value is -0.940. The smallest absolute Gasteiger partial charge is 0.0907 e. The molecule has 1 N–H and O–H groups in total. The topological polar surface area (TPSA) is 60.2 Å². The zero-order chi connectivity index (χ0) is 8.55. The summed E-state index contributed by atoms with van der Waals surface area (Å²) in [5.74, 6) is -0.00120. The van der Waals surface area contributed by atoms with Crippen LogP contribution in [0.2, 0.25) is 0 Å². The first-order valence-corrected chi connectivity index (χ1v) is 3.89. The van der Waals surface area contributed by atoms with E-state index in [-0.39, 0.29) is 5.92 Å². The van der Waals surface area contributed by atoms with Gasteiger partial charge in [0.1, 0.15) is 0 Å². The second-order valence-electron chi connectivity index (χ2n) is 2.97. The number of aryl methyl sites for hydroxylation is 1. The van der Waals surface area contributed by atoms with Gasteiger partial charge in [0.25, 0.3) is 0 Å². The molecule has 1 aromatic rings. The highest BCUT2D eigenvalue weighted by Gasteiger charge is 2.29. The van der Waals surface area contributed by atoms with Crippen molar-refractivity contribution in [3.05, 3.63) is 11.9 Å². The van der Waals surface area contributed by atoms with E-state index < -0.39 is 6.10 Å². The Kier molecular flexibility index (Phi) is 1.82. The van der Waals surface area contributed by atoms with Crippen LogP contribution in [0.4, 0.5) is 0 Å². The highest BCUT2D eigenvalue weighted by molar-refractivity contribution is 5.06. The van der Waals surface area contributed by atoms with Crippen molar-refractivity contribution in [3.8, 4) is 0 Å². The van der Waals surface area contributed by atoms with Gasteiger partial charge in [0.05, 0.1) is 37.1 Å². The molecule has 1 aromatic heterocycles. The van der Waals surface area contributed by atoms with Crippen molar-refractivity contribution in [1.29, 1.82) is 0 Å². The molecule has 2 unspecified atom stereocenters. The molecule has 1 saturated heterocycles. The maximum Gasteiger partial charge on any atom is 0.0907 e. The third kappa shape index (κ3) is 1.21. The molecule has 0 saturated carbocycles. The van der Waals surface area contributed by atoms with Gasteiger partial charge in [-0.1, -0.05) is 0 Å². The minimum atomic E-state index is -0.429. The Morgan fingerprint density at radius 3 is 3.00 bits per heavy atom. The standard InChI is InChI=1S/C7H11N3O2/c1-10-8-2-6(9-10)5-3-12-4-7(5)11/h2,5,7,11H,3-4H2,1H3. The van der Waals surface area contributed by atoms with Gasteiger partial charge in [-0.25, -0.2) is 0 Å². The molecule has 1 fully saturated rings. The number of aliphatic hydroxyl groups excluding tert-OH is 1. The molecule has 0 aliphatic carbocycles. The fourth-order valence-corrected chi connectivity index (χ4v) is 1.36. The Balaban J connectivity index is 2.19. The first-order valence-electron chi connectivity index (χ1n) is 3.89. The second-order valence-corrected chi connectivity index (χ2v) is 2.97. The van der Waals surface area contributed by atoms with Crippen LogP contribution in [-0.4, -0.2) is 39.4 Å². The van der Waals surface area contributed by atoms with Gasteiger partial charge in [0.2, 0.25) is 0 Å². The number of nitrogens with zero attached hydrogens (tertiary/aromatic N) is 3. The van der Waals surface area contributed by atoms with Crippen LogP contribution in [0.5, 0.6) is 0 Å². The third-order valence-electron chi connectivity index (χ3n) is 2.05. The highest BCUT2D eigenvalue weighted by atomic mass is 16.5. The lowest BCUT2D eigenvalue weighted by molar-refractivity contribution is 0.124. The van der Waals surface area contributed by atoms with E-state index in [2.05, 4.69) is 10.2 Å². The van der Waals surface area contributed by atoms with Crippen LogP contribution in [0.25, 0.3) is 0 Å². The van der Waals surface area contributed by atoms with Crippen LogP contribution in [0.3, 0.4) is 0 Å². The van der Waals surface area contributed by atoms with Crippen LogP contribution in [-0.2, 0) is 11.8 Å². The number of aromatic nitrogens is 3. The first kappa shape index (κ1) is 7.70. The van der Waals surface area contributed by atoms with Crippen LogP contribution in [0, 0.1) is 0 Å². The summed E-state index contributed by atoms with van der Waals surface area (Å²) in [4.78, 5) is 1.49. The molecule has 5 nitrogen and oxygen atoms in total. The first-order chi connectivity index (χ1) is 5.77. The zero-order valence-electron chi connectivity index (χ0n) is 6.84. The Morgan fingerprint density at radius 2 is 2.50 bits per heavy atom. The fraction of sp³-hybridized carbons (Fsp3) is 0.714. The zero-order valence-corrected chi connectivity index (χ0v) is 6.84. The van der Waals surface area contributed by atoms with Crippen LogP contribution in [0.1, 0.15) is 11.6 Å². The average Bonchev–Trinajstić information content (AvgIpc) is 2.58. The summed E-state index contributed by atoms with van der Waals surface area (Å²) in [6.07, 6.45) is 1.24. The summed E-state index contributed by atoms with van der Waals surface area (Å²) in [5, 5.41) is 17.5. The van der Waals surface area contributed by atoms with Gasteiger partial charge in [-0.15, -0.1) is 0 Å². The minimum Gasteiger partial charge on any atom is -0.390 e. The van der Waals surface area contributed by atoms with E-state index in [1.165, 1.54) is 4.80 Å². The van der Waals surface area contributed by atoms with Gasteiger partial charge >= 0.3 is 0 Å². The third-order valence-corrected chi connectivity index (χ3v) is 2.05. The molecule has 2 rings (SSSR count). The van der Waals surface area contributed by atoms with E-state index in [0.29, 0.717) is 13.2 Å². The molecule has 2 atom stereocenters. The van der Waals surface area contributed by atoms with Gasteiger partial charge in [-0.2, -0.15) is 15.0 Å². The minimum absolute atomic E-state index is 0.00120. The van der Waals surface area contributed by atoms with Crippen LogP contribution < -0.4 is 0 Å². The van der Waals surface area contributed by atoms with Crippen molar-refractivity contribution in [3.63, 3.8) is 0 Å². The largest absolute Gasteiger partial charge is 0.390 e. The molecule has 66 valence electrons. The van der Waals surface area contributed by atoms with Crippen molar-refractivity contribution in [2.75, 3.05) is 13.2 Å². The average molecular weight is 169 g/mol. The fourth-order valence-electron chi connectivity index (χ4n) is 1.36. The van der Waals surface area contributed by atoms with E-state index >= 15 is 0 Å². The van der Waals surface area contributed by atoms with Crippen molar-refractivity contribution in [1.82, 2.24) is 15.0 Å². The lowest BCUT2D eigenvalue weighted by Crippen LogP contribution is -2.16. The maximum absolute atomic E-state index is 9.45. The van der Waals surface area contributed by atoms with Gasteiger partial charge in [-0.05, 0) is 0 Å². The van der Waals surface area contributed by atoms with Gasteiger partial charge in [0.15, 0.2) is 0 Å². The SMILES string of the molecule is Cn1ncc(C2COCC2O)n1. The summed E-state index contributed by atoms with van der Waals surface area (Å²) in [6, 6.07) is 0. The molecular weight excluding hydrogens is 158 g/mol. The summed E-state index contributed by atoms with van der Waals surface area (Å²) in [5.41, 5.74) is 0.808. The van der Waals surface area contributed by atoms with E-state index in [0.717, 1.165) is 5.69 Å². The predicted molar refractivity (Wildman–Crippen MR) is 40.6 cm³/mol. The van der Waals surface area contributed by atoms with Crippen LogP contribution >= 0.6 is 0 Å². The summed E-state index contributed by atoms with van der Waals surface area (Å²) < 4.78 is 5.11.